The van der Waals surface area contributed by atoms with Crippen molar-refractivity contribution in [2.24, 2.45) is 4.99 Å². The molecule has 7 heteroatoms. The molecule has 6 nitrogen and oxygen atoms in total. The second-order valence-corrected chi connectivity index (χ2v) is 8.35. The minimum absolute atomic E-state index is 0. The van der Waals surface area contributed by atoms with Gasteiger partial charge >= 0.3 is 6.03 Å². The van der Waals surface area contributed by atoms with Crippen LogP contribution >= 0.6 is 24.0 Å². The maximum atomic E-state index is 12.3. The third kappa shape index (κ3) is 7.41. The van der Waals surface area contributed by atoms with Gasteiger partial charge in [-0.15, -0.1) is 24.0 Å². The molecular weight excluding hydrogens is 501 g/mol. The van der Waals surface area contributed by atoms with E-state index in [1.807, 2.05) is 35.2 Å². The number of nitrogens with zero attached hydrogens (tertiary/aromatic N) is 2. The first kappa shape index (κ1) is 25.0. The van der Waals surface area contributed by atoms with Crippen LogP contribution in [0.5, 0.6) is 0 Å². The topological polar surface area (TPSA) is 68.8 Å². The maximum absolute atomic E-state index is 12.3. The number of carbonyl (C=O) groups excluding carboxylic acids is 1. The fraction of sp³-hybridized carbons (Fsp3) is 0.417. The molecule has 0 aliphatic carbocycles. The summed E-state index contributed by atoms with van der Waals surface area (Å²) < 4.78 is 0. The van der Waals surface area contributed by atoms with Crippen LogP contribution in [0, 0.1) is 0 Å². The standard InChI is InChI=1S/C24H33N5O.HI/c1-24(2,20-11-5-4-6-12-20)18-27-22(25-3)26-17-19-10-9-13-21(16-19)28-23(30)29-14-7-8-15-29;/h4-6,9-13,16H,7-8,14-15,17-18H2,1-3H3,(H,28,30)(H2,25,26,27);1H. The van der Waals surface area contributed by atoms with E-state index in [-0.39, 0.29) is 35.4 Å². The molecule has 0 radical (unpaired) electrons. The number of benzene rings is 2. The van der Waals surface area contributed by atoms with Crippen LogP contribution in [0.3, 0.4) is 0 Å². The van der Waals surface area contributed by atoms with Crippen LogP contribution in [0.15, 0.2) is 59.6 Å². The second-order valence-electron chi connectivity index (χ2n) is 8.35. The summed E-state index contributed by atoms with van der Waals surface area (Å²) in [4.78, 5) is 18.5. The maximum Gasteiger partial charge on any atom is 0.321 e. The number of hydrogen-bond acceptors (Lipinski definition) is 2. The lowest BCUT2D eigenvalue weighted by Gasteiger charge is -2.26. The molecular formula is C24H34IN5O. The van der Waals surface area contributed by atoms with Gasteiger partial charge in [0.25, 0.3) is 0 Å². The van der Waals surface area contributed by atoms with Crippen LogP contribution in [0.4, 0.5) is 10.5 Å². The van der Waals surface area contributed by atoms with Gasteiger partial charge < -0.3 is 20.9 Å². The minimum Gasteiger partial charge on any atom is -0.356 e. The highest BCUT2D eigenvalue weighted by atomic mass is 127. The van der Waals surface area contributed by atoms with E-state index < -0.39 is 0 Å². The van der Waals surface area contributed by atoms with Crippen LogP contribution < -0.4 is 16.0 Å². The van der Waals surface area contributed by atoms with Crippen LogP contribution in [0.1, 0.15) is 37.8 Å². The molecule has 0 spiro atoms. The normalized spacial score (nSPS) is 14.0. The number of likely N-dealkylation sites (tertiary alicyclic amines) is 1. The van der Waals surface area contributed by atoms with Crippen molar-refractivity contribution in [3.05, 3.63) is 65.7 Å². The summed E-state index contributed by atoms with van der Waals surface area (Å²) in [5.74, 6) is 0.755. The first-order valence-electron chi connectivity index (χ1n) is 10.6. The average Bonchev–Trinajstić information content (AvgIpc) is 3.30. The Morgan fingerprint density at radius 3 is 2.42 bits per heavy atom. The number of amides is 2. The molecule has 0 bridgehead atoms. The largest absolute Gasteiger partial charge is 0.356 e. The minimum atomic E-state index is -0.0155. The number of hydrogen-bond donors (Lipinski definition) is 3. The summed E-state index contributed by atoms with van der Waals surface area (Å²) in [5.41, 5.74) is 3.17. The van der Waals surface area contributed by atoms with Gasteiger partial charge in [-0.25, -0.2) is 4.79 Å². The van der Waals surface area contributed by atoms with E-state index >= 15 is 0 Å². The molecule has 1 saturated heterocycles. The number of guanidine groups is 1. The summed E-state index contributed by atoms with van der Waals surface area (Å²) in [6.07, 6.45) is 2.18. The molecule has 1 aliphatic heterocycles. The highest BCUT2D eigenvalue weighted by Gasteiger charge is 2.20. The lowest BCUT2D eigenvalue weighted by Crippen LogP contribution is -2.43. The Hall–Kier alpha value is -2.29. The monoisotopic (exact) mass is 535 g/mol. The highest BCUT2D eigenvalue weighted by Crippen LogP contribution is 2.21. The summed E-state index contributed by atoms with van der Waals surface area (Å²) in [7, 11) is 1.78. The van der Waals surface area contributed by atoms with Gasteiger partial charge in [0.2, 0.25) is 0 Å². The molecule has 2 aromatic carbocycles. The number of anilines is 1. The molecule has 3 rings (SSSR count). The van der Waals surface area contributed by atoms with E-state index in [1.165, 1.54) is 5.56 Å². The van der Waals surface area contributed by atoms with Crippen LogP contribution in [0.2, 0.25) is 0 Å². The molecule has 3 N–H and O–H groups in total. The number of halogens is 1. The van der Waals surface area contributed by atoms with Crippen molar-refractivity contribution in [1.29, 1.82) is 0 Å². The average molecular weight is 535 g/mol. The Kier molecular flexibility index (Phi) is 9.61. The second kappa shape index (κ2) is 11.9. The molecule has 168 valence electrons. The van der Waals surface area contributed by atoms with E-state index in [4.69, 9.17) is 0 Å². The van der Waals surface area contributed by atoms with Crippen LogP contribution in [-0.2, 0) is 12.0 Å². The molecule has 31 heavy (non-hydrogen) atoms. The molecule has 1 heterocycles. The molecule has 0 saturated carbocycles. The van der Waals surface area contributed by atoms with Crippen LogP contribution in [-0.4, -0.2) is 43.6 Å². The molecule has 2 amide bonds. The highest BCUT2D eigenvalue weighted by molar-refractivity contribution is 14.0. The Balaban J connectivity index is 0.00000341. The van der Waals surface area contributed by atoms with Crippen molar-refractivity contribution >= 4 is 41.7 Å². The number of nitrogens with one attached hydrogen (secondary N) is 3. The predicted octanol–water partition coefficient (Wildman–Crippen LogP) is 4.58. The van der Waals surface area contributed by atoms with Gasteiger partial charge in [-0.1, -0.05) is 56.3 Å². The fourth-order valence-corrected chi connectivity index (χ4v) is 3.58. The first-order chi connectivity index (χ1) is 14.5. The first-order valence-corrected chi connectivity index (χ1v) is 10.6. The van der Waals surface area contributed by atoms with E-state index in [2.05, 4.69) is 59.1 Å². The summed E-state index contributed by atoms with van der Waals surface area (Å²) in [5, 5.41) is 9.79. The third-order valence-electron chi connectivity index (χ3n) is 5.51. The number of rotatable bonds is 6. The van der Waals surface area contributed by atoms with Crippen LogP contribution in [0.25, 0.3) is 0 Å². The summed E-state index contributed by atoms with van der Waals surface area (Å²) in [6.45, 7) is 7.51. The molecule has 0 unspecified atom stereocenters. The van der Waals surface area contributed by atoms with Crippen molar-refractivity contribution in [3.63, 3.8) is 0 Å². The van der Waals surface area contributed by atoms with Gasteiger partial charge in [0.05, 0.1) is 0 Å². The SMILES string of the molecule is CN=C(NCc1cccc(NC(=O)N2CCCC2)c1)NCC(C)(C)c1ccccc1.I. The Morgan fingerprint density at radius 2 is 1.74 bits per heavy atom. The molecule has 1 aliphatic rings. The number of aliphatic imine (C=N–C) groups is 1. The number of urea groups is 1. The quantitative estimate of drug-likeness (QED) is 0.288. The zero-order valence-corrected chi connectivity index (χ0v) is 21.0. The summed E-state index contributed by atoms with van der Waals surface area (Å²) in [6, 6.07) is 18.4. The number of carbonyl (C=O) groups is 1. The van der Waals surface area contributed by atoms with E-state index in [0.717, 1.165) is 49.7 Å². The Labute approximate surface area is 202 Å². The van der Waals surface area contributed by atoms with Gasteiger partial charge in [-0.3, -0.25) is 4.99 Å². The molecule has 2 aromatic rings. The van der Waals surface area contributed by atoms with E-state index in [9.17, 15) is 4.79 Å². The summed E-state index contributed by atoms with van der Waals surface area (Å²) >= 11 is 0. The van der Waals surface area contributed by atoms with Gasteiger partial charge in [-0.2, -0.15) is 0 Å². The van der Waals surface area contributed by atoms with Gasteiger partial charge in [-0.05, 0) is 36.1 Å². The third-order valence-corrected chi connectivity index (χ3v) is 5.51. The fourth-order valence-electron chi connectivity index (χ4n) is 3.58. The van der Waals surface area contributed by atoms with Gasteiger partial charge in [0.1, 0.15) is 0 Å². The van der Waals surface area contributed by atoms with Crippen molar-refractivity contribution in [2.45, 2.75) is 38.6 Å². The zero-order chi connectivity index (χ0) is 21.4. The Bertz CT molecular complexity index is 863. The van der Waals surface area contributed by atoms with Crippen molar-refractivity contribution < 1.29 is 4.79 Å². The van der Waals surface area contributed by atoms with E-state index in [1.54, 1.807) is 7.05 Å². The predicted molar refractivity (Wildman–Crippen MR) is 139 cm³/mol. The van der Waals surface area contributed by atoms with Gasteiger partial charge in [0, 0.05) is 44.3 Å². The molecule has 0 atom stereocenters. The lowest BCUT2D eigenvalue weighted by molar-refractivity contribution is 0.222. The van der Waals surface area contributed by atoms with Crippen molar-refractivity contribution in [2.75, 3.05) is 32.0 Å². The molecule has 0 aromatic heterocycles. The Morgan fingerprint density at radius 1 is 1.03 bits per heavy atom. The molecule has 1 fully saturated rings. The smallest absolute Gasteiger partial charge is 0.321 e. The lowest BCUT2D eigenvalue weighted by atomic mass is 9.85. The van der Waals surface area contributed by atoms with Crippen molar-refractivity contribution in [1.82, 2.24) is 15.5 Å². The van der Waals surface area contributed by atoms with Gasteiger partial charge in [0.15, 0.2) is 5.96 Å². The van der Waals surface area contributed by atoms with Crippen molar-refractivity contribution in [3.8, 4) is 0 Å². The zero-order valence-electron chi connectivity index (χ0n) is 18.6. The van der Waals surface area contributed by atoms with E-state index in [0.29, 0.717) is 6.54 Å².